The molecule has 0 radical (unpaired) electrons. The molecule has 0 saturated carbocycles. The van der Waals surface area contributed by atoms with Gasteiger partial charge >= 0.3 is 6.09 Å². The Morgan fingerprint density at radius 3 is 2.54 bits per heavy atom. The first kappa shape index (κ1) is 19.4. The summed E-state index contributed by atoms with van der Waals surface area (Å²) in [4.78, 5) is 14.4. The van der Waals surface area contributed by atoms with Crippen LogP contribution in [0.25, 0.3) is 0 Å². The van der Waals surface area contributed by atoms with Gasteiger partial charge in [-0.05, 0) is 11.1 Å². The lowest BCUT2D eigenvalue weighted by molar-refractivity contribution is -0.0778. The van der Waals surface area contributed by atoms with Crippen LogP contribution in [-0.4, -0.2) is 41.4 Å². The number of nitrogens with zero attached hydrogens (tertiary/aromatic N) is 1. The molecule has 0 N–H and O–H groups in total. The average molecular weight is 446 g/mol. The Labute approximate surface area is 173 Å². The molecule has 0 spiro atoms. The van der Waals surface area contributed by atoms with Crippen LogP contribution >= 0.6 is 15.9 Å². The summed E-state index contributed by atoms with van der Waals surface area (Å²) in [6, 6.07) is 19.9. The van der Waals surface area contributed by atoms with E-state index in [1.165, 1.54) is 0 Å². The molecule has 0 unspecified atom stereocenters. The molecule has 4 rings (SSSR count). The van der Waals surface area contributed by atoms with Crippen LogP contribution in [0.3, 0.4) is 0 Å². The van der Waals surface area contributed by atoms with Gasteiger partial charge in [0.2, 0.25) is 0 Å². The number of hydrogen-bond acceptors (Lipinski definition) is 4. The maximum absolute atomic E-state index is 12.8. The van der Waals surface area contributed by atoms with E-state index in [0.717, 1.165) is 11.1 Å². The SMILES string of the molecule is C[C@@H](COCc1ccccc1)[C@@H]1OC(=O)N2[C@H](OC[C@H]2c2ccccc2)[C@H]1Br. The van der Waals surface area contributed by atoms with Crippen molar-refractivity contribution in [2.45, 2.75) is 36.7 Å². The fourth-order valence-corrected chi connectivity index (χ4v) is 4.84. The van der Waals surface area contributed by atoms with Crippen LogP contribution in [-0.2, 0) is 20.8 Å². The van der Waals surface area contributed by atoms with E-state index < -0.39 is 0 Å². The van der Waals surface area contributed by atoms with Gasteiger partial charge in [-0.1, -0.05) is 83.5 Å². The van der Waals surface area contributed by atoms with Crippen LogP contribution in [0.15, 0.2) is 60.7 Å². The van der Waals surface area contributed by atoms with Crippen molar-refractivity contribution in [3.8, 4) is 0 Å². The largest absolute Gasteiger partial charge is 0.444 e. The summed E-state index contributed by atoms with van der Waals surface area (Å²) < 4.78 is 17.7. The van der Waals surface area contributed by atoms with Gasteiger partial charge in [-0.2, -0.15) is 0 Å². The van der Waals surface area contributed by atoms with Gasteiger partial charge in [-0.15, -0.1) is 0 Å². The molecule has 148 valence electrons. The minimum atomic E-state index is -0.340. The average Bonchev–Trinajstić information content (AvgIpc) is 3.18. The van der Waals surface area contributed by atoms with Crippen molar-refractivity contribution in [2.75, 3.05) is 13.2 Å². The summed E-state index contributed by atoms with van der Waals surface area (Å²) in [5, 5.41) is 0. The van der Waals surface area contributed by atoms with Crippen molar-refractivity contribution >= 4 is 22.0 Å². The Bertz CT molecular complexity index is 788. The highest BCUT2D eigenvalue weighted by Gasteiger charge is 2.51. The molecule has 2 aliphatic heterocycles. The van der Waals surface area contributed by atoms with E-state index in [9.17, 15) is 4.79 Å². The van der Waals surface area contributed by atoms with Gasteiger partial charge in [0.1, 0.15) is 6.10 Å². The van der Waals surface area contributed by atoms with Crippen LogP contribution in [0.2, 0.25) is 0 Å². The van der Waals surface area contributed by atoms with Crippen molar-refractivity contribution in [1.29, 1.82) is 0 Å². The van der Waals surface area contributed by atoms with Crippen molar-refractivity contribution in [1.82, 2.24) is 4.90 Å². The highest BCUT2D eigenvalue weighted by Crippen LogP contribution is 2.40. The van der Waals surface area contributed by atoms with Gasteiger partial charge in [0.05, 0.1) is 30.7 Å². The number of ether oxygens (including phenoxy) is 3. The molecule has 28 heavy (non-hydrogen) atoms. The number of cyclic esters (lactones) is 1. The number of carbonyl (C=O) groups excluding carboxylic acids is 1. The van der Waals surface area contributed by atoms with Gasteiger partial charge in [0.25, 0.3) is 0 Å². The number of rotatable bonds is 6. The molecule has 0 aliphatic carbocycles. The third-order valence-corrected chi connectivity index (χ3v) is 6.28. The van der Waals surface area contributed by atoms with Crippen molar-refractivity contribution in [3.05, 3.63) is 71.8 Å². The quantitative estimate of drug-likeness (QED) is 0.613. The molecule has 0 bridgehead atoms. The minimum absolute atomic E-state index is 0.0403. The Morgan fingerprint density at radius 1 is 1.14 bits per heavy atom. The van der Waals surface area contributed by atoms with Gasteiger partial charge in [-0.25, -0.2) is 4.79 Å². The summed E-state index contributed by atoms with van der Waals surface area (Å²) in [5.41, 5.74) is 2.18. The number of fused-ring (bicyclic) bond motifs is 1. The lowest BCUT2D eigenvalue weighted by Gasteiger charge is -2.41. The molecule has 2 fully saturated rings. The van der Waals surface area contributed by atoms with E-state index >= 15 is 0 Å². The monoisotopic (exact) mass is 445 g/mol. The predicted octanol–water partition coefficient (Wildman–Crippen LogP) is 4.52. The molecule has 5 atom stereocenters. The van der Waals surface area contributed by atoms with Gasteiger partial charge < -0.3 is 14.2 Å². The number of alkyl halides is 1. The fraction of sp³-hybridized carbons (Fsp3) is 0.409. The first-order valence-corrected chi connectivity index (χ1v) is 10.5. The molecule has 2 saturated heterocycles. The van der Waals surface area contributed by atoms with E-state index in [1.807, 2.05) is 67.6 Å². The third kappa shape index (κ3) is 3.95. The van der Waals surface area contributed by atoms with Gasteiger partial charge in [-0.3, -0.25) is 4.90 Å². The van der Waals surface area contributed by atoms with E-state index in [1.54, 1.807) is 4.90 Å². The molecule has 2 aromatic rings. The zero-order valence-corrected chi connectivity index (χ0v) is 17.3. The maximum Gasteiger partial charge on any atom is 0.412 e. The number of amides is 1. The molecule has 6 heteroatoms. The Kier molecular flexibility index (Phi) is 5.99. The third-order valence-electron chi connectivity index (χ3n) is 5.31. The Hall–Kier alpha value is -1.89. The van der Waals surface area contributed by atoms with Crippen LogP contribution in [0.5, 0.6) is 0 Å². The lowest BCUT2D eigenvalue weighted by atomic mass is 9.99. The first-order valence-electron chi connectivity index (χ1n) is 9.56. The highest BCUT2D eigenvalue weighted by atomic mass is 79.9. The van der Waals surface area contributed by atoms with Crippen LogP contribution in [0, 0.1) is 5.92 Å². The van der Waals surface area contributed by atoms with E-state index in [-0.39, 0.29) is 35.2 Å². The molecule has 1 amide bonds. The Balaban J connectivity index is 1.38. The number of hydrogen-bond donors (Lipinski definition) is 0. The summed E-state index contributed by atoms with van der Waals surface area (Å²) in [6.45, 7) is 3.55. The fourth-order valence-electron chi connectivity index (χ4n) is 3.80. The number of benzene rings is 2. The van der Waals surface area contributed by atoms with E-state index in [2.05, 4.69) is 15.9 Å². The zero-order valence-electron chi connectivity index (χ0n) is 15.7. The van der Waals surface area contributed by atoms with E-state index in [4.69, 9.17) is 14.2 Å². The lowest BCUT2D eigenvalue weighted by Crippen LogP contribution is -2.56. The highest BCUT2D eigenvalue weighted by molar-refractivity contribution is 9.09. The topological polar surface area (TPSA) is 48.0 Å². The summed E-state index contributed by atoms with van der Waals surface area (Å²) >= 11 is 3.73. The predicted molar refractivity (Wildman–Crippen MR) is 109 cm³/mol. The first-order chi connectivity index (χ1) is 13.6. The summed E-state index contributed by atoms with van der Waals surface area (Å²) in [6.07, 6.45) is -0.973. The summed E-state index contributed by atoms with van der Waals surface area (Å²) in [7, 11) is 0. The van der Waals surface area contributed by atoms with Crippen LogP contribution in [0.4, 0.5) is 4.79 Å². The van der Waals surface area contributed by atoms with Crippen LogP contribution < -0.4 is 0 Å². The smallest absolute Gasteiger partial charge is 0.412 e. The molecule has 5 nitrogen and oxygen atoms in total. The molecule has 2 aromatic carbocycles. The summed E-state index contributed by atoms with van der Waals surface area (Å²) in [5.74, 6) is 0.0403. The van der Waals surface area contributed by atoms with Crippen molar-refractivity contribution in [3.63, 3.8) is 0 Å². The van der Waals surface area contributed by atoms with Crippen molar-refractivity contribution < 1.29 is 19.0 Å². The molecular weight excluding hydrogens is 422 g/mol. The van der Waals surface area contributed by atoms with E-state index in [0.29, 0.717) is 19.8 Å². The van der Waals surface area contributed by atoms with Crippen LogP contribution in [0.1, 0.15) is 24.1 Å². The zero-order chi connectivity index (χ0) is 19.5. The maximum atomic E-state index is 12.8. The number of carbonyl (C=O) groups is 1. The second kappa shape index (κ2) is 8.64. The minimum Gasteiger partial charge on any atom is -0.444 e. The standard InChI is InChI=1S/C22H24BrNO4/c1-15(12-26-13-16-8-4-2-5-9-16)20-19(23)21-24(22(25)28-20)18(14-27-21)17-10-6-3-7-11-17/h2-11,15,18-21H,12-14H2,1H3/t15-,18-,19-,20-,21+/m0/s1. The second-order valence-corrected chi connectivity index (χ2v) is 8.39. The molecule has 0 aromatic heterocycles. The molecule has 2 heterocycles. The molecule has 2 aliphatic rings. The second-order valence-electron chi connectivity index (χ2n) is 7.33. The normalized spacial score (nSPS) is 27.9. The molecular formula is C22H24BrNO4. The van der Waals surface area contributed by atoms with Crippen molar-refractivity contribution in [2.24, 2.45) is 5.92 Å². The number of halogens is 1. The Morgan fingerprint density at radius 2 is 1.82 bits per heavy atom. The van der Waals surface area contributed by atoms with Gasteiger partial charge in [0.15, 0.2) is 6.23 Å². The van der Waals surface area contributed by atoms with Gasteiger partial charge in [0, 0.05) is 5.92 Å².